The van der Waals surface area contributed by atoms with Crippen molar-refractivity contribution in [2.45, 2.75) is 33.3 Å². The Hall–Kier alpha value is -1.51. The zero-order chi connectivity index (χ0) is 16.9. The molecule has 7 nitrogen and oxygen atoms in total. The molecule has 1 aromatic rings. The number of hydroxylamine groups is 1. The predicted molar refractivity (Wildman–Crippen MR) is 85.7 cm³/mol. The van der Waals surface area contributed by atoms with Crippen LogP contribution in [0.5, 0.6) is 0 Å². The highest BCUT2D eigenvalue weighted by Gasteiger charge is 2.31. The molecule has 1 amide bonds. The van der Waals surface area contributed by atoms with Crippen LogP contribution < -0.4 is 5.48 Å². The third-order valence-electron chi connectivity index (χ3n) is 3.85. The zero-order valence-electron chi connectivity index (χ0n) is 13.5. The molecular weight excluding hydrogens is 318 g/mol. The summed E-state index contributed by atoms with van der Waals surface area (Å²) in [7, 11) is -3.25. The SMILES string of the molecule is CCS(=O)(=O)N1CCCC(C(=O)NOCc2cccc(C)n2)C1. The molecule has 1 aliphatic rings. The molecule has 0 saturated carbocycles. The van der Waals surface area contributed by atoms with Gasteiger partial charge in [0.1, 0.15) is 6.61 Å². The third-order valence-corrected chi connectivity index (χ3v) is 5.70. The Morgan fingerprint density at radius 2 is 2.26 bits per heavy atom. The first-order valence-electron chi connectivity index (χ1n) is 7.74. The summed E-state index contributed by atoms with van der Waals surface area (Å²) >= 11 is 0. The summed E-state index contributed by atoms with van der Waals surface area (Å²) in [5.74, 6) is -0.610. The van der Waals surface area contributed by atoms with Crippen LogP contribution in [0, 0.1) is 12.8 Å². The van der Waals surface area contributed by atoms with E-state index in [9.17, 15) is 13.2 Å². The smallest absolute Gasteiger partial charge is 0.247 e. The number of pyridine rings is 1. The van der Waals surface area contributed by atoms with E-state index in [1.165, 1.54) is 4.31 Å². The first-order chi connectivity index (χ1) is 10.9. The average Bonchev–Trinajstić information content (AvgIpc) is 2.55. The van der Waals surface area contributed by atoms with Crippen molar-refractivity contribution in [2.24, 2.45) is 5.92 Å². The van der Waals surface area contributed by atoms with Gasteiger partial charge in [-0.15, -0.1) is 0 Å². The van der Waals surface area contributed by atoms with E-state index in [0.29, 0.717) is 19.4 Å². The van der Waals surface area contributed by atoms with Crippen LogP contribution in [-0.2, 0) is 26.3 Å². The van der Waals surface area contributed by atoms with Gasteiger partial charge < -0.3 is 0 Å². The van der Waals surface area contributed by atoms with Gasteiger partial charge in [0.15, 0.2) is 0 Å². The summed E-state index contributed by atoms with van der Waals surface area (Å²) in [5, 5.41) is 0. The number of aromatic nitrogens is 1. The van der Waals surface area contributed by atoms with Crippen molar-refractivity contribution in [1.29, 1.82) is 0 Å². The van der Waals surface area contributed by atoms with E-state index in [1.54, 1.807) is 6.92 Å². The molecule has 2 rings (SSSR count). The highest BCUT2D eigenvalue weighted by molar-refractivity contribution is 7.89. The molecule has 1 atom stereocenters. The molecule has 1 aromatic heterocycles. The van der Waals surface area contributed by atoms with E-state index in [1.807, 2.05) is 25.1 Å². The number of hydrogen-bond donors (Lipinski definition) is 1. The average molecular weight is 341 g/mol. The van der Waals surface area contributed by atoms with Crippen molar-refractivity contribution in [3.05, 3.63) is 29.6 Å². The van der Waals surface area contributed by atoms with Gasteiger partial charge in [0.05, 0.1) is 17.4 Å². The first-order valence-corrected chi connectivity index (χ1v) is 9.35. The molecule has 0 radical (unpaired) electrons. The van der Waals surface area contributed by atoms with Gasteiger partial charge in [0.25, 0.3) is 0 Å². The molecule has 1 saturated heterocycles. The normalized spacial score (nSPS) is 19.5. The molecule has 0 bridgehead atoms. The molecule has 23 heavy (non-hydrogen) atoms. The fourth-order valence-corrected chi connectivity index (χ4v) is 3.72. The maximum absolute atomic E-state index is 12.1. The van der Waals surface area contributed by atoms with Crippen LogP contribution in [-0.4, -0.2) is 42.5 Å². The lowest BCUT2D eigenvalue weighted by Crippen LogP contribution is -2.45. The second kappa shape index (κ2) is 7.85. The number of nitrogens with zero attached hydrogens (tertiary/aromatic N) is 2. The van der Waals surface area contributed by atoms with Crippen molar-refractivity contribution < 1.29 is 18.0 Å². The highest BCUT2D eigenvalue weighted by atomic mass is 32.2. The highest BCUT2D eigenvalue weighted by Crippen LogP contribution is 2.19. The van der Waals surface area contributed by atoms with Gasteiger partial charge in [0, 0.05) is 18.8 Å². The first kappa shape index (κ1) is 17.8. The van der Waals surface area contributed by atoms with E-state index >= 15 is 0 Å². The van der Waals surface area contributed by atoms with Gasteiger partial charge in [-0.3, -0.25) is 14.6 Å². The maximum Gasteiger partial charge on any atom is 0.247 e. The number of nitrogens with one attached hydrogen (secondary N) is 1. The number of hydrogen-bond acceptors (Lipinski definition) is 5. The van der Waals surface area contributed by atoms with Crippen LogP contribution in [0.2, 0.25) is 0 Å². The summed E-state index contributed by atoms with van der Waals surface area (Å²) in [6, 6.07) is 5.57. The van der Waals surface area contributed by atoms with Crippen LogP contribution in [0.3, 0.4) is 0 Å². The standard InChI is InChI=1S/C15H23N3O4S/c1-3-23(20,21)18-9-5-7-13(10-18)15(19)17-22-11-14-8-4-6-12(2)16-14/h4,6,8,13H,3,5,7,9-11H2,1-2H3,(H,17,19). The van der Waals surface area contributed by atoms with Crippen LogP contribution in [0.15, 0.2) is 18.2 Å². The van der Waals surface area contributed by atoms with Crippen molar-refractivity contribution >= 4 is 15.9 Å². The molecule has 128 valence electrons. The topological polar surface area (TPSA) is 88.6 Å². The minimum absolute atomic E-state index is 0.0524. The molecule has 0 aromatic carbocycles. The van der Waals surface area contributed by atoms with Crippen molar-refractivity contribution in [2.75, 3.05) is 18.8 Å². The van der Waals surface area contributed by atoms with Crippen molar-refractivity contribution in [1.82, 2.24) is 14.8 Å². The summed E-state index contributed by atoms with van der Waals surface area (Å²) in [6.45, 7) is 4.36. The largest absolute Gasteiger partial charge is 0.272 e. The molecule has 2 heterocycles. The van der Waals surface area contributed by atoms with Crippen LogP contribution >= 0.6 is 0 Å². The molecule has 0 aliphatic carbocycles. The molecule has 8 heteroatoms. The maximum atomic E-state index is 12.1. The Bertz CT molecular complexity index is 648. The lowest BCUT2D eigenvalue weighted by atomic mass is 9.99. The number of piperidine rings is 1. The molecule has 1 unspecified atom stereocenters. The van der Waals surface area contributed by atoms with Gasteiger partial charge in [-0.1, -0.05) is 6.07 Å². The molecule has 1 N–H and O–H groups in total. The van der Waals surface area contributed by atoms with Gasteiger partial charge in [-0.25, -0.2) is 18.2 Å². The number of carbonyl (C=O) groups excluding carboxylic acids is 1. The molecule has 1 fully saturated rings. The van der Waals surface area contributed by atoms with Crippen LogP contribution in [0.4, 0.5) is 0 Å². The Balaban J connectivity index is 1.83. The lowest BCUT2D eigenvalue weighted by Gasteiger charge is -2.30. The lowest BCUT2D eigenvalue weighted by molar-refractivity contribution is -0.140. The minimum atomic E-state index is -3.25. The second-order valence-electron chi connectivity index (χ2n) is 5.62. The molecule has 0 spiro atoms. The van der Waals surface area contributed by atoms with Gasteiger partial charge >= 0.3 is 0 Å². The predicted octanol–water partition coefficient (Wildman–Crippen LogP) is 1.000. The fraction of sp³-hybridized carbons (Fsp3) is 0.600. The zero-order valence-corrected chi connectivity index (χ0v) is 14.3. The van der Waals surface area contributed by atoms with Gasteiger partial charge in [0.2, 0.25) is 15.9 Å². The monoisotopic (exact) mass is 341 g/mol. The summed E-state index contributed by atoms with van der Waals surface area (Å²) < 4.78 is 25.2. The third kappa shape index (κ3) is 4.98. The Morgan fingerprint density at radius 3 is 2.96 bits per heavy atom. The van der Waals surface area contributed by atoms with Gasteiger partial charge in [-0.2, -0.15) is 0 Å². The minimum Gasteiger partial charge on any atom is -0.272 e. The van der Waals surface area contributed by atoms with E-state index in [-0.39, 0.29) is 30.7 Å². The van der Waals surface area contributed by atoms with Crippen LogP contribution in [0.1, 0.15) is 31.2 Å². The Labute approximate surface area is 137 Å². The van der Waals surface area contributed by atoms with Gasteiger partial charge in [-0.05, 0) is 38.8 Å². The van der Waals surface area contributed by atoms with E-state index in [2.05, 4.69) is 10.5 Å². The number of sulfonamides is 1. The Kier molecular flexibility index (Phi) is 6.09. The van der Waals surface area contributed by atoms with Crippen molar-refractivity contribution in [3.63, 3.8) is 0 Å². The van der Waals surface area contributed by atoms with Crippen LogP contribution in [0.25, 0.3) is 0 Å². The summed E-state index contributed by atoms with van der Waals surface area (Å²) in [4.78, 5) is 21.6. The quantitative estimate of drug-likeness (QED) is 0.780. The number of carbonyl (C=O) groups is 1. The fourth-order valence-electron chi connectivity index (χ4n) is 2.54. The molecular formula is C15H23N3O4S. The number of rotatable bonds is 6. The van der Waals surface area contributed by atoms with Crippen molar-refractivity contribution in [3.8, 4) is 0 Å². The van der Waals surface area contributed by atoms with E-state index < -0.39 is 10.0 Å². The second-order valence-corrected chi connectivity index (χ2v) is 7.88. The van der Waals surface area contributed by atoms with E-state index in [0.717, 1.165) is 11.4 Å². The number of aryl methyl sites for hydroxylation is 1. The molecule has 1 aliphatic heterocycles. The summed E-state index contributed by atoms with van der Waals surface area (Å²) in [6.07, 6.45) is 1.34. The summed E-state index contributed by atoms with van der Waals surface area (Å²) in [5.41, 5.74) is 4.02. The Morgan fingerprint density at radius 1 is 1.48 bits per heavy atom. The number of amides is 1. The van der Waals surface area contributed by atoms with E-state index in [4.69, 9.17) is 4.84 Å².